The van der Waals surface area contributed by atoms with Gasteiger partial charge in [0.05, 0.1) is 12.2 Å². The zero-order chi connectivity index (χ0) is 11.7. The molecular weight excluding hydrogens is 208 g/mol. The van der Waals surface area contributed by atoms with Crippen LogP contribution in [0.5, 0.6) is 0 Å². The Morgan fingerprint density at radius 3 is 2.88 bits per heavy atom. The number of carbonyl (C=O) groups is 2. The van der Waals surface area contributed by atoms with E-state index in [2.05, 4.69) is 4.98 Å². The Balaban J connectivity index is 2.15. The minimum Gasteiger partial charge on any atom is -0.352 e. The Morgan fingerprint density at radius 2 is 2.38 bits per heavy atom. The third kappa shape index (κ3) is 1.63. The third-order valence-corrected chi connectivity index (χ3v) is 2.47. The molecule has 16 heavy (non-hydrogen) atoms. The molecule has 1 aromatic heterocycles. The third-order valence-electron chi connectivity index (χ3n) is 2.47. The molecule has 1 aliphatic heterocycles. The van der Waals surface area contributed by atoms with E-state index in [1.807, 2.05) is 6.07 Å². The second-order valence-electron chi connectivity index (χ2n) is 3.65. The maximum atomic E-state index is 11.9. The van der Waals surface area contributed by atoms with E-state index in [9.17, 15) is 9.59 Å². The van der Waals surface area contributed by atoms with Crippen LogP contribution in [0, 0.1) is 11.3 Å². The van der Waals surface area contributed by atoms with E-state index in [0.717, 1.165) is 0 Å². The molecule has 0 saturated carbocycles. The number of likely N-dealkylation sites (N-methyl/N-ethyl adjacent to an activating group) is 1. The van der Waals surface area contributed by atoms with Crippen LogP contribution in [0.1, 0.15) is 16.1 Å². The largest absolute Gasteiger partial charge is 0.352 e. The zero-order valence-corrected chi connectivity index (χ0v) is 8.73. The lowest BCUT2D eigenvalue weighted by molar-refractivity contribution is -0.125. The molecule has 0 radical (unpaired) electrons. The van der Waals surface area contributed by atoms with Gasteiger partial charge in [0.15, 0.2) is 0 Å². The van der Waals surface area contributed by atoms with Gasteiger partial charge >= 0.3 is 0 Å². The summed E-state index contributed by atoms with van der Waals surface area (Å²) in [4.78, 5) is 28.7. The van der Waals surface area contributed by atoms with Gasteiger partial charge in [-0.3, -0.25) is 9.59 Å². The molecule has 0 atom stereocenters. The minimum atomic E-state index is -0.240. The first kappa shape index (κ1) is 10.2. The summed E-state index contributed by atoms with van der Waals surface area (Å²) in [5.74, 6) is -0.320. The van der Waals surface area contributed by atoms with Crippen molar-refractivity contribution in [2.45, 2.75) is 0 Å². The lowest BCUT2D eigenvalue weighted by Crippen LogP contribution is -2.29. The fourth-order valence-corrected chi connectivity index (χ4v) is 1.57. The summed E-state index contributed by atoms with van der Waals surface area (Å²) in [6.45, 7) is 0.396. The number of aromatic amines is 1. The summed E-state index contributed by atoms with van der Waals surface area (Å²) in [5.41, 5.74) is 0.738. The molecule has 1 saturated heterocycles. The normalized spacial score (nSPS) is 15.4. The van der Waals surface area contributed by atoms with Crippen molar-refractivity contribution in [2.75, 3.05) is 20.3 Å². The molecule has 82 valence electrons. The average molecular weight is 218 g/mol. The van der Waals surface area contributed by atoms with Crippen LogP contribution in [-0.4, -0.2) is 46.9 Å². The fraction of sp³-hybridized carbons (Fsp3) is 0.300. The maximum Gasteiger partial charge on any atom is 0.257 e. The molecule has 2 heterocycles. The summed E-state index contributed by atoms with van der Waals surface area (Å²) in [6, 6.07) is 3.38. The van der Waals surface area contributed by atoms with Crippen LogP contribution >= 0.6 is 0 Å². The molecular formula is C10H10N4O2. The van der Waals surface area contributed by atoms with Crippen molar-refractivity contribution in [1.29, 1.82) is 5.26 Å². The van der Waals surface area contributed by atoms with Crippen molar-refractivity contribution in [2.24, 2.45) is 0 Å². The van der Waals surface area contributed by atoms with Gasteiger partial charge in [0.2, 0.25) is 5.91 Å². The van der Waals surface area contributed by atoms with Crippen molar-refractivity contribution in [3.05, 3.63) is 23.5 Å². The van der Waals surface area contributed by atoms with Gasteiger partial charge in [0, 0.05) is 13.2 Å². The molecule has 0 aromatic carbocycles. The maximum absolute atomic E-state index is 11.9. The number of hydrogen-bond donors (Lipinski definition) is 1. The highest BCUT2D eigenvalue weighted by atomic mass is 16.2. The molecule has 0 aliphatic carbocycles. The predicted octanol–water partition coefficient (Wildman–Crippen LogP) is -0.242. The van der Waals surface area contributed by atoms with Gasteiger partial charge in [-0.2, -0.15) is 5.26 Å². The highest BCUT2D eigenvalue weighted by Gasteiger charge is 2.29. The monoisotopic (exact) mass is 218 g/mol. The van der Waals surface area contributed by atoms with Gasteiger partial charge < -0.3 is 14.8 Å². The predicted molar refractivity (Wildman–Crippen MR) is 54.2 cm³/mol. The van der Waals surface area contributed by atoms with Gasteiger partial charge in [-0.25, -0.2) is 0 Å². The Kier molecular flexibility index (Phi) is 2.37. The molecule has 6 heteroatoms. The Morgan fingerprint density at radius 1 is 1.62 bits per heavy atom. The zero-order valence-electron chi connectivity index (χ0n) is 8.73. The standard InChI is InChI=1S/C10H10N4O2/c1-13-6-14(5-9(13)15)10(16)7-2-8(3-11)12-4-7/h2,4,12H,5-6H2,1H3. The van der Waals surface area contributed by atoms with Crippen molar-refractivity contribution in [1.82, 2.24) is 14.8 Å². The summed E-state index contributed by atoms with van der Waals surface area (Å²) < 4.78 is 0. The highest BCUT2D eigenvalue weighted by molar-refractivity contribution is 5.98. The molecule has 0 unspecified atom stereocenters. The lowest BCUT2D eigenvalue weighted by Gasteiger charge is -2.13. The number of nitrogens with one attached hydrogen (secondary N) is 1. The number of rotatable bonds is 1. The van der Waals surface area contributed by atoms with Crippen LogP contribution in [0.15, 0.2) is 12.3 Å². The van der Waals surface area contributed by atoms with Crippen LogP contribution in [-0.2, 0) is 4.79 Å². The second kappa shape index (κ2) is 3.70. The quantitative estimate of drug-likeness (QED) is 0.706. The van der Waals surface area contributed by atoms with Gasteiger partial charge in [0.1, 0.15) is 18.3 Å². The minimum absolute atomic E-state index is 0.0793. The van der Waals surface area contributed by atoms with E-state index in [4.69, 9.17) is 5.26 Å². The Labute approximate surface area is 92.1 Å². The van der Waals surface area contributed by atoms with Crippen molar-refractivity contribution < 1.29 is 9.59 Å². The van der Waals surface area contributed by atoms with Gasteiger partial charge in [-0.05, 0) is 6.07 Å². The van der Waals surface area contributed by atoms with Crippen LogP contribution in [0.25, 0.3) is 0 Å². The number of carbonyl (C=O) groups excluding carboxylic acids is 2. The van der Waals surface area contributed by atoms with Gasteiger partial charge in [-0.1, -0.05) is 0 Å². The fourth-order valence-electron chi connectivity index (χ4n) is 1.57. The molecule has 6 nitrogen and oxygen atoms in total. The molecule has 1 fully saturated rings. The van der Waals surface area contributed by atoms with E-state index in [1.165, 1.54) is 22.1 Å². The average Bonchev–Trinajstić information content (AvgIpc) is 2.86. The smallest absolute Gasteiger partial charge is 0.257 e. The van der Waals surface area contributed by atoms with Crippen molar-refractivity contribution in [3.8, 4) is 6.07 Å². The van der Waals surface area contributed by atoms with Gasteiger partial charge in [-0.15, -0.1) is 0 Å². The Bertz CT molecular complexity index is 485. The molecule has 1 N–H and O–H groups in total. The van der Waals surface area contributed by atoms with E-state index >= 15 is 0 Å². The number of nitrogens with zero attached hydrogens (tertiary/aromatic N) is 3. The van der Waals surface area contributed by atoms with Crippen LogP contribution in [0.3, 0.4) is 0 Å². The van der Waals surface area contributed by atoms with E-state index in [1.54, 1.807) is 7.05 Å². The highest BCUT2D eigenvalue weighted by Crippen LogP contribution is 2.11. The number of H-pyrrole nitrogens is 1. The first-order valence-corrected chi connectivity index (χ1v) is 4.73. The topological polar surface area (TPSA) is 80.2 Å². The molecule has 2 rings (SSSR count). The van der Waals surface area contributed by atoms with Crippen LogP contribution in [0.4, 0.5) is 0 Å². The molecule has 0 spiro atoms. The first-order chi connectivity index (χ1) is 7.61. The van der Waals surface area contributed by atoms with E-state index in [-0.39, 0.29) is 18.4 Å². The van der Waals surface area contributed by atoms with E-state index < -0.39 is 0 Å². The SMILES string of the molecule is CN1CN(C(=O)c2c[nH]c(C#N)c2)CC1=O. The van der Waals surface area contributed by atoms with E-state index in [0.29, 0.717) is 17.9 Å². The summed E-state index contributed by atoms with van der Waals surface area (Å²) >= 11 is 0. The number of hydrogen-bond acceptors (Lipinski definition) is 3. The molecule has 2 amide bonds. The van der Waals surface area contributed by atoms with Crippen LogP contribution < -0.4 is 0 Å². The van der Waals surface area contributed by atoms with Crippen molar-refractivity contribution >= 4 is 11.8 Å². The van der Waals surface area contributed by atoms with Crippen molar-refractivity contribution in [3.63, 3.8) is 0 Å². The lowest BCUT2D eigenvalue weighted by atomic mass is 10.3. The number of aromatic nitrogens is 1. The van der Waals surface area contributed by atoms with Crippen LogP contribution in [0.2, 0.25) is 0 Å². The molecule has 0 bridgehead atoms. The molecule has 1 aromatic rings. The number of amides is 2. The Hall–Kier alpha value is -2.29. The second-order valence-corrected chi connectivity index (χ2v) is 3.65. The molecule has 1 aliphatic rings. The van der Waals surface area contributed by atoms with Gasteiger partial charge in [0.25, 0.3) is 5.91 Å². The number of nitriles is 1. The summed E-state index contributed by atoms with van der Waals surface area (Å²) in [5, 5.41) is 8.61. The first-order valence-electron chi connectivity index (χ1n) is 4.73. The summed E-state index contributed by atoms with van der Waals surface area (Å²) in [7, 11) is 1.65. The summed E-state index contributed by atoms with van der Waals surface area (Å²) in [6.07, 6.45) is 1.48.